The maximum Gasteiger partial charge on any atom is 0.126 e. The lowest BCUT2D eigenvalue weighted by molar-refractivity contribution is 0.628. The Bertz CT molecular complexity index is 545. The lowest BCUT2D eigenvalue weighted by Gasteiger charge is -2.15. The van der Waals surface area contributed by atoms with Crippen molar-refractivity contribution in [3.8, 4) is 0 Å². The summed E-state index contributed by atoms with van der Waals surface area (Å²) in [5, 5.41) is 3.68. The van der Waals surface area contributed by atoms with Crippen LogP contribution in [-0.4, -0.2) is 0 Å². The van der Waals surface area contributed by atoms with Crippen molar-refractivity contribution in [2.45, 2.75) is 26.8 Å². The summed E-state index contributed by atoms with van der Waals surface area (Å²) in [6.45, 7) is 6.25. The van der Waals surface area contributed by atoms with Crippen LogP contribution >= 0.6 is 22.9 Å². The maximum atomic E-state index is 13.2. The molecule has 1 N–H and O–H groups in total. The summed E-state index contributed by atoms with van der Waals surface area (Å²) >= 11 is 7.61. The molecule has 0 aliphatic heterocycles. The number of rotatable bonds is 3. The molecule has 18 heavy (non-hydrogen) atoms. The average Bonchev–Trinajstić information content (AvgIpc) is 2.56. The topological polar surface area (TPSA) is 12.0 Å². The Morgan fingerprint density at radius 3 is 2.50 bits per heavy atom. The molecule has 0 aliphatic carbocycles. The van der Waals surface area contributed by atoms with Crippen molar-refractivity contribution in [1.82, 2.24) is 0 Å². The summed E-state index contributed by atoms with van der Waals surface area (Å²) < 4.78 is 13.2. The van der Waals surface area contributed by atoms with E-state index >= 15 is 0 Å². The first-order valence-electron chi connectivity index (χ1n) is 5.75. The number of anilines is 1. The van der Waals surface area contributed by atoms with Gasteiger partial charge in [-0.1, -0.05) is 11.6 Å². The Kier molecular flexibility index (Phi) is 3.93. The van der Waals surface area contributed by atoms with E-state index in [0.717, 1.165) is 0 Å². The minimum absolute atomic E-state index is 0.132. The second kappa shape index (κ2) is 5.29. The van der Waals surface area contributed by atoms with Crippen LogP contribution in [0.25, 0.3) is 0 Å². The number of nitrogens with one attached hydrogen (secondary N) is 1. The summed E-state index contributed by atoms with van der Waals surface area (Å²) in [4.78, 5) is 2.57. The van der Waals surface area contributed by atoms with Gasteiger partial charge in [0, 0.05) is 26.5 Å². The summed E-state index contributed by atoms with van der Waals surface area (Å²) in [5.41, 5.74) is 1.95. The molecule has 1 aromatic carbocycles. The van der Waals surface area contributed by atoms with Crippen LogP contribution in [0, 0.1) is 19.7 Å². The zero-order valence-electron chi connectivity index (χ0n) is 10.6. The first-order chi connectivity index (χ1) is 8.45. The van der Waals surface area contributed by atoms with Crippen molar-refractivity contribution < 1.29 is 4.39 Å². The van der Waals surface area contributed by atoms with E-state index in [-0.39, 0.29) is 11.9 Å². The largest absolute Gasteiger partial charge is 0.378 e. The van der Waals surface area contributed by atoms with Gasteiger partial charge in [0.15, 0.2) is 0 Å². The summed E-state index contributed by atoms with van der Waals surface area (Å²) in [6, 6.07) is 6.79. The molecule has 4 heteroatoms. The second-order valence-electron chi connectivity index (χ2n) is 4.39. The van der Waals surface area contributed by atoms with Gasteiger partial charge in [-0.3, -0.25) is 0 Å². The predicted octanol–water partition coefficient (Wildman–Crippen LogP) is 5.33. The SMILES string of the molecule is Cc1cc(C(C)Nc2cc(F)cc(Cl)c2)c(C)s1. The Labute approximate surface area is 116 Å². The second-order valence-corrected chi connectivity index (χ2v) is 6.29. The Balaban J connectivity index is 2.20. The van der Waals surface area contributed by atoms with Gasteiger partial charge in [0.2, 0.25) is 0 Å². The summed E-state index contributed by atoms with van der Waals surface area (Å²) in [7, 11) is 0. The van der Waals surface area contributed by atoms with Crippen molar-refractivity contribution in [3.63, 3.8) is 0 Å². The lowest BCUT2D eigenvalue weighted by atomic mass is 10.1. The molecular formula is C14H15ClFNS. The summed E-state index contributed by atoms with van der Waals surface area (Å²) in [5.74, 6) is -0.324. The molecule has 96 valence electrons. The van der Waals surface area contributed by atoms with Crippen LogP contribution in [0.15, 0.2) is 24.3 Å². The molecule has 0 fully saturated rings. The third-order valence-corrected chi connectivity index (χ3v) is 3.99. The van der Waals surface area contributed by atoms with E-state index in [4.69, 9.17) is 11.6 Å². The van der Waals surface area contributed by atoms with Crippen molar-refractivity contribution in [1.29, 1.82) is 0 Å². The van der Waals surface area contributed by atoms with Crippen LogP contribution in [0.5, 0.6) is 0 Å². The molecule has 0 bridgehead atoms. The molecule has 2 aromatic rings. The van der Waals surface area contributed by atoms with E-state index < -0.39 is 0 Å². The number of hydrogen-bond acceptors (Lipinski definition) is 2. The van der Waals surface area contributed by atoms with Crippen molar-refractivity contribution >= 4 is 28.6 Å². The van der Waals surface area contributed by atoms with Gasteiger partial charge >= 0.3 is 0 Å². The highest BCUT2D eigenvalue weighted by Crippen LogP contribution is 2.29. The van der Waals surface area contributed by atoms with E-state index in [2.05, 4.69) is 32.2 Å². The van der Waals surface area contributed by atoms with Crippen molar-refractivity contribution in [3.05, 3.63) is 50.4 Å². The van der Waals surface area contributed by atoms with Crippen LogP contribution in [-0.2, 0) is 0 Å². The van der Waals surface area contributed by atoms with Gasteiger partial charge in [-0.2, -0.15) is 0 Å². The summed E-state index contributed by atoms with van der Waals surface area (Å²) in [6.07, 6.45) is 0. The third kappa shape index (κ3) is 3.03. The van der Waals surface area contributed by atoms with E-state index in [0.29, 0.717) is 10.7 Å². The number of aryl methyl sites for hydroxylation is 2. The highest BCUT2D eigenvalue weighted by atomic mass is 35.5. The highest BCUT2D eigenvalue weighted by Gasteiger charge is 2.11. The molecule has 1 atom stereocenters. The third-order valence-electron chi connectivity index (χ3n) is 2.79. The number of thiophene rings is 1. The molecule has 0 saturated heterocycles. The van der Waals surface area contributed by atoms with E-state index in [1.54, 1.807) is 17.4 Å². The van der Waals surface area contributed by atoms with Crippen LogP contribution in [0.3, 0.4) is 0 Å². The Morgan fingerprint density at radius 1 is 1.22 bits per heavy atom. The van der Waals surface area contributed by atoms with Gasteiger partial charge in [0.25, 0.3) is 0 Å². The fraction of sp³-hybridized carbons (Fsp3) is 0.286. The fourth-order valence-corrected chi connectivity index (χ4v) is 3.29. The molecule has 0 radical (unpaired) electrons. The van der Waals surface area contributed by atoms with Gasteiger partial charge in [-0.05, 0) is 50.6 Å². The molecule has 0 saturated carbocycles. The minimum Gasteiger partial charge on any atom is -0.378 e. The van der Waals surface area contributed by atoms with Gasteiger partial charge < -0.3 is 5.32 Å². The molecule has 0 aliphatic rings. The van der Waals surface area contributed by atoms with Crippen molar-refractivity contribution in [2.75, 3.05) is 5.32 Å². The van der Waals surface area contributed by atoms with Crippen LogP contribution in [0.1, 0.15) is 28.3 Å². The number of benzene rings is 1. The molecule has 1 nitrogen and oxygen atoms in total. The first kappa shape index (κ1) is 13.4. The molecule has 1 unspecified atom stereocenters. The quantitative estimate of drug-likeness (QED) is 0.803. The van der Waals surface area contributed by atoms with E-state index in [1.807, 2.05) is 0 Å². The normalized spacial score (nSPS) is 12.5. The van der Waals surface area contributed by atoms with E-state index in [9.17, 15) is 4.39 Å². The molecule has 1 heterocycles. The van der Waals surface area contributed by atoms with E-state index in [1.165, 1.54) is 27.5 Å². The van der Waals surface area contributed by atoms with Crippen LogP contribution < -0.4 is 5.32 Å². The molecule has 0 amide bonds. The molecular weight excluding hydrogens is 269 g/mol. The molecule has 0 spiro atoms. The standard InChI is InChI=1S/C14H15ClFNS/c1-8-4-14(10(3)18-8)9(2)17-13-6-11(15)5-12(16)7-13/h4-7,9,17H,1-3H3. The number of hydrogen-bond donors (Lipinski definition) is 1. The minimum atomic E-state index is -0.324. The average molecular weight is 284 g/mol. The van der Waals surface area contributed by atoms with Gasteiger partial charge in [0.1, 0.15) is 5.82 Å². The first-order valence-corrected chi connectivity index (χ1v) is 6.94. The smallest absolute Gasteiger partial charge is 0.126 e. The van der Waals surface area contributed by atoms with Gasteiger partial charge in [-0.25, -0.2) is 4.39 Å². The maximum absolute atomic E-state index is 13.2. The van der Waals surface area contributed by atoms with Gasteiger partial charge in [-0.15, -0.1) is 11.3 Å². The zero-order chi connectivity index (χ0) is 13.3. The predicted molar refractivity (Wildman–Crippen MR) is 77.2 cm³/mol. The molecule has 1 aromatic heterocycles. The monoisotopic (exact) mass is 283 g/mol. The fourth-order valence-electron chi connectivity index (χ4n) is 2.05. The Morgan fingerprint density at radius 2 is 1.94 bits per heavy atom. The van der Waals surface area contributed by atoms with Crippen LogP contribution in [0.4, 0.5) is 10.1 Å². The van der Waals surface area contributed by atoms with Crippen LogP contribution in [0.2, 0.25) is 5.02 Å². The Hall–Kier alpha value is -1.06. The number of halogens is 2. The van der Waals surface area contributed by atoms with Gasteiger partial charge in [0.05, 0.1) is 0 Å². The van der Waals surface area contributed by atoms with Crippen molar-refractivity contribution in [2.24, 2.45) is 0 Å². The molecule has 2 rings (SSSR count). The highest BCUT2D eigenvalue weighted by molar-refractivity contribution is 7.12. The lowest BCUT2D eigenvalue weighted by Crippen LogP contribution is -2.06. The zero-order valence-corrected chi connectivity index (χ0v) is 12.1.